The quantitative estimate of drug-likeness (QED) is 0.837. The number of aromatic nitrogens is 2. The Morgan fingerprint density at radius 3 is 2.69 bits per heavy atom. The van der Waals surface area contributed by atoms with Crippen molar-refractivity contribution in [2.75, 3.05) is 44.7 Å². The standard InChI is InChI=1S/C24H32N4O/c1-2-28-13-11-24(12-14-28)10-8-20-21(24)26-22(19-6-4-3-5-7-19)27-23(20)25-16-18-9-15-29-17-18/h3-7,18H,2,8-17H2,1H3,(H,25,26,27). The van der Waals surface area contributed by atoms with Crippen molar-refractivity contribution in [3.63, 3.8) is 0 Å². The van der Waals surface area contributed by atoms with Gasteiger partial charge in [0.2, 0.25) is 0 Å². The van der Waals surface area contributed by atoms with Crippen LogP contribution in [0.3, 0.4) is 0 Å². The first-order valence-electron chi connectivity index (χ1n) is 11.3. The van der Waals surface area contributed by atoms with Crippen LogP contribution < -0.4 is 5.32 Å². The van der Waals surface area contributed by atoms with E-state index in [9.17, 15) is 0 Å². The Balaban J connectivity index is 1.50. The topological polar surface area (TPSA) is 50.3 Å². The van der Waals surface area contributed by atoms with E-state index in [1.54, 1.807) is 0 Å². The first-order valence-corrected chi connectivity index (χ1v) is 11.3. The summed E-state index contributed by atoms with van der Waals surface area (Å²) < 4.78 is 5.56. The van der Waals surface area contributed by atoms with Gasteiger partial charge >= 0.3 is 0 Å². The molecule has 1 unspecified atom stereocenters. The maximum atomic E-state index is 5.56. The van der Waals surface area contributed by atoms with Gasteiger partial charge in [0.1, 0.15) is 5.82 Å². The van der Waals surface area contributed by atoms with Crippen LogP contribution >= 0.6 is 0 Å². The fourth-order valence-corrected chi connectivity index (χ4v) is 5.27. The minimum Gasteiger partial charge on any atom is -0.381 e. The maximum Gasteiger partial charge on any atom is 0.161 e. The van der Waals surface area contributed by atoms with Crippen LogP contribution in [-0.2, 0) is 16.6 Å². The second-order valence-corrected chi connectivity index (χ2v) is 8.91. The Morgan fingerprint density at radius 1 is 1.14 bits per heavy atom. The molecule has 0 amide bonds. The highest BCUT2D eigenvalue weighted by atomic mass is 16.5. The zero-order chi connectivity index (χ0) is 19.7. The van der Waals surface area contributed by atoms with Crippen molar-refractivity contribution in [3.05, 3.63) is 41.6 Å². The number of benzene rings is 1. The lowest BCUT2D eigenvalue weighted by Gasteiger charge is -2.39. The maximum absolute atomic E-state index is 5.56. The number of likely N-dealkylation sites (tertiary alicyclic amines) is 1. The third-order valence-electron chi connectivity index (χ3n) is 7.24. The monoisotopic (exact) mass is 392 g/mol. The van der Waals surface area contributed by atoms with Crippen molar-refractivity contribution in [2.24, 2.45) is 5.92 Å². The molecule has 0 radical (unpaired) electrons. The second-order valence-electron chi connectivity index (χ2n) is 8.91. The molecule has 0 saturated carbocycles. The van der Waals surface area contributed by atoms with E-state index in [4.69, 9.17) is 14.7 Å². The smallest absolute Gasteiger partial charge is 0.161 e. The molecule has 1 spiro atoms. The average Bonchev–Trinajstić information content (AvgIpc) is 3.42. The number of hydrogen-bond acceptors (Lipinski definition) is 5. The molecule has 1 N–H and O–H groups in total. The Morgan fingerprint density at radius 2 is 1.97 bits per heavy atom. The van der Waals surface area contributed by atoms with E-state index in [1.807, 2.05) is 0 Å². The van der Waals surface area contributed by atoms with Crippen LogP contribution in [0, 0.1) is 5.92 Å². The lowest BCUT2D eigenvalue weighted by atomic mass is 9.76. The minimum atomic E-state index is 0.236. The molecule has 3 heterocycles. The fraction of sp³-hybridized carbons (Fsp3) is 0.583. The first kappa shape index (κ1) is 19.0. The van der Waals surface area contributed by atoms with Crippen LogP contribution in [0.5, 0.6) is 0 Å². The summed E-state index contributed by atoms with van der Waals surface area (Å²) in [7, 11) is 0. The molecule has 5 rings (SSSR count). The lowest BCUT2D eigenvalue weighted by Crippen LogP contribution is -2.41. The van der Waals surface area contributed by atoms with Crippen molar-refractivity contribution in [1.82, 2.24) is 14.9 Å². The zero-order valence-electron chi connectivity index (χ0n) is 17.5. The van der Waals surface area contributed by atoms with E-state index in [-0.39, 0.29) is 5.41 Å². The van der Waals surface area contributed by atoms with Crippen LogP contribution in [0.15, 0.2) is 30.3 Å². The van der Waals surface area contributed by atoms with Crippen molar-refractivity contribution < 1.29 is 4.74 Å². The summed E-state index contributed by atoms with van der Waals surface area (Å²) in [5.74, 6) is 2.52. The van der Waals surface area contributed by atoms with E-state index in [0.29, 0.717) is 5.92 Å². The van der Waals surface area contributed by atoms with Crippen LogP contribution in [0.25, 0.3) is 11.4 Å². The van der Waals surface area contributed by atoms with Gasteiger partial charge in [0.05, 0.1) is 12.3 Å². The van der Waals surface area contributed by atoms with Gasteiger partial charge in [0.25, 0.3) is 0 Å². The van der Waals surface area contributed by atoms with E-state index in [2.05, 4.69) is 47.5 Å². The van der Waals surface area contributed by atoms with Gasteiger partial charge in [-0.2, -0.15) is 0 Å². The molecule has 2 aromatic rings. The average molecular weight is 393 g/mol. The Bertz CT molecular complexity index is 839. The van der Waals surface area contributed by atoms with Gasteiger partial charge in [0, 0.05) is 35.6 Å². The number of hydrogen-bond donors (Lipinski definition) is 1. The molecule has 0 bridgehead atoms. The molecule has 154 valence electrons. The molecule has 1 aromatic heterocycles. The first-order chi connectivity index (χ1) is 14.3. The second kappa shape index (κ2) is 8.04. The zero-order valence-corrected chi connectivity index (χ0v) is 17.5. The SMILES string of the molecule is CCN1CCC2(CCc3c(NCC4CCOC4)nc(-c4ccccc4)nc32)CC1. The summed E-state index contributed by atoms with van der Waals surface area (Å²) in [4.78, 5) is 12.8. The highest BCUT2D eigenvalue weighted by molar-refractivity contribution is 5.62. The van der Waals surface area contributed by atoms with Gasteiger partial charge in [0.15, 0.2) is 5.82 Å². The van der Waals surface area contributed by atoms with Crippen molar-refractivity contribution in [2.45, 2.75) is 44.4 Å². The molecule has 5 nitrogen and oxygen atoms in total. The van der Waals surface area contributed by atoms with Crippen LogP contribution in [-0.4, -0.2) is 54.3 Å². The molecule has 1 atom stereocenters. The molecule has 29 heavy (non-hydrogen) atoms. The molecular formula is C24H32N4O. The molecule has 2 aliphatic heterocycles. The molecule has 3 aliphatic rings. The number of rotatable bonds is 5. The van der Waals surface area contributed by atoms with Gasteiger partial charge in [-0.3, -0.25) is 0 Å². The van der Waals surface area contributed by atoms with Gasteiger partial charge < -0.3 is 15.0 Å². The number of ether oxygens (including phenoxy) is 1. The van der Waals surface area contributed by atoms with E-state index in [1.165, 1.54) is 43.6 Å². The number of piperidine rings is 1. The van der Waals surface area contributed by atoms with Crippen molar-refractivity contribution in [1.29, 1.82) is 0 Å². The number of nitrogens with zero attached hydrogens (tertiary/aromatic N) is 3. The van der Waals surface area contributed by atoms with Gasteiger partial charge in [-0.1, -0.05) is 37.3 Å². The normalized spacial score (nSPS) is 23.4. The predicted octanol–water partition coefficient (Wildman–Crippen LogP) is 3.89. The predicted molar refractivity (Wildman–Crippen MR) is 116 cm³/mol. The van der Waals surface area contributed by atoms with Gasteiger partial charge in [-0.25, -0.2) is 9.97 Å². The third kappa shape index (κ3) is 3.66. The molecule has 5 heteroatoms. The Hall–Kier alpha value is -1.98. The summed E-state index contributed by atoms with van der Waals surface area (Å²) in [5.41, 5.74) is 4.04. The summed E-state index contributed by atoms with van der Waals surface area (Å²) in [6.07, 6.45) is 5.89. The van der Waals surface area contributed by atoms with Gasteiger partial charge in [-0.05, 0) is 51.7 Å². The largest absolute Gasteiger partial charge is 0.381 e. The molecular weight excluding hydrogens is 360 g/mol. The van der Waals surface area contributed by atoms with E-state index < -0.39 is 0 Å². The number of fused-ring (bicyclic) bond motifs is 2. The molecule has 2 fully saturated rings. The summed E-state index contributed by atoms with van der Waals surface area (Å²) in [6.45, 7) is 8.48. The van der Waals surface area contributed by atoms with E-state index in [0.717, 1.165) is 56.4 Å². The molecule has 1 aromatic carbocycles. The summed E-state index contributed by atoms with van der Waals surface area (Å²) in [5, 5.41) is 3.70. The Labute approximate surface area is 173 Å². The Kier molecular flexibility index (Phi) is 5.27. The fourth-order valence-electron chi connectivity index (χ4n) is 5.27. The van der Waals surface area contributed by atoms with Crippen LogP contribution in [0.1, 0.15) is 43.9 Å². The summed E-state index contributed by atoms with van der Waals surface area (Å²) >= 11 is 0. The minimum absolute atomic E-state index is 0.236. The van der Waals surface area contributed by atoms with Crippen LogP contribution in [0.2, 0.25) is 0 Å². The molecule has 1 aliphatic carbocycles. The summed E-state index contributed by atoms with van der Waals surface area (Å²) in [6, 6.07) is 10.4. The lowest BCUT2D eigenvalue weighted by molar-refractivity contribution is 0.162. The number of nitrogens with one attached hydrogen (secondary N) is 1. The molecule has 2 saturated heterocycles. The number of anilines is 1. The van der Waals surface area contributed by atoms with Gasteiger partial charge in [-0.15, -0.1) is 0 Å². The van der Waals surface area contributed by atoms with Crippen LogP contribution in [0.4, 0.5) is 5.82 Å². The highest BCUT2D eigenvalue weighted by Gasteiger charge is 2.44. The third-order valence-corrected chi connectivity index (χ3v) is 7.24. The highest BCUT2D eigenvalue weighted by Crippen LogP contribution is 2.47. The van der Waals surface area contributed by atoms with Crippen molar-refractivity contribution >= 4 is 5.82 Å². The van der Waals surface area contributed by atoms with E-state index >= 15 is 0 Å². The van der Waals surface area contributed by atoms with Crippen molar-refractivity contribution in [3.8, 4) is 11.4 Å².